The predicted molar refractivity (Wildman–Crippen MR) is 85.3 cm³/mol. The molecule has 0 spiro atoms. The highest BCUT2D eigenvalue weighted by Gasteiger charge is 2.19. The van der Waals surface area contributed by atoms with E-state index in [9.17, 15) is 9.18 Å². The summed E-state index contributed by atoms with van der Waals surface area (Å²) in [6, 6.07) is 7.54. The number of carbonyl (C=O) groups is 1. The Balaban J connectivity index is 2.21. The van der Waals surface area contributed by atoms with Crippen molar-refractivity contribution in [1.29, 1.82) is 0 Å². The monoisotopic (exact) mass is 320 g/mol. The van der Waals surface area contributed by atoms with E-state index in [1.54, 1.807) is 12.4 Å². The third-order valence-corrected chi connectivity index (χ3v) is 3.51. The fraction of sp³-hybridized carbons (Fsp3) is 0.294. The van der Waals surface area contributed by atoms with Gasteiger partial charge >= 0.3 is 0 Å². The van der Waals surface area contributed by atoms with Gasteiger partial charge in [0.2, 0.25) is 0 Å². The largest absolute Gasteiger partial charge is 0.345 e. The maximum atomic E-state index is 13.9. The summed E-state index contributed by atoms with van der Waals surface area (Å²) >= 11 is 5.71. The van der Waals surface area contributed by atoms with E-state index in [2.05, 4.69) is 24.1 Å². The summed E-state index contributed by atoms with van der Waals surface area (Å²) in [7, 11) is 0. The van der Waals surface area contributed by atoms with Gasteiger partial charge in [0.15, 0.2) is 0 Å². The van der Waals surface area contributed by atoms with E-state index in [-0.39, 0.29) is 16.6 Å². The number of pyridine rings is 1. The Morgan fingerprint density at radius 3 is 2.73 bits per heavy atom. The molecule has 3 nitrogen and oxygen atoms in total. The number of hydrogen-bond acceptors (Lipinski definition) is 2. The van der Waals surface area contributed by atoms with Gasteiger partial charge in [-0.15, -0.1) is 0 Å². The minimum absolute atomic E-state index is 0.0120. The van der Waals surface area contributed by atoms with Crippen LogP contribution in [0.15, 0.2) is 42.7 Å². The van der Waals surface area contributed by atoms with Crippen molar-refractivity contribution in [2.45, 2.75) is 26.3 Å². The average molecular weight is 321 g/mol. The first-order valence-electron chi connectivity index (χ1n) is 7.13. The lowest BCUT2D eigenvalue weighted by molar-refractivity contribution is 0.0928. The van der Waals surface area contributed by atoms with Gasteiger partial charge in [0, 0.05) is 17.4 Å². The quantitative estimate of drug-likeness (QED) is 0.887. The van der Waals surface area contributed by atoms with E-state index < -0.39 is 11.7 Å². The van der Waals surface area contributed by atoms with Crippen LogP contribution < -0.4 is 5.32 Å². The van der Waals surface area contributed by atoms with E-state index >= 15 is 0 Å². The van der Waals surface area contributed by atoms with E-state index in [0.29, 0.717) is 5.92 Å². The molecule has 0 aliphatic rings. The highest BCUT2D eigenvalue weighted by atomic mass is 35.5. The smallest absolute Gasteiger partial charge is 0.254 e. The molecule has 2 aromatic rings. The summed E-state index contributed by atoms with van der Waals surface area (Å²) in [6.45, 7) is 4.14. The average Bonchev–Trinajstić information content (AvgIpc) is 2.46. The van der Waals surface area contributed by atoms with Crippen molar-refractivity contribution in [1.82, 2.24) is 10.3 Å². The number of amides is 1. The van der Waals surface area contributed by atoms with Crippen LogP contribution in [0.5, 0.6) is 0 Å². The minimum Gasteiger partial charge on any atom is -0.345 e. The van der Waals surface area contributed by atoms with Crippen LogP contribution in [0.3, 0.4) is 0 Å². The van der Waals surface area contributed by atoms with Gasteiger partial charge in [-0.1, -0.05) is 31.5 Å². The molecular formula is C17H18ClFN2O. The third-order valence-electron chi connectivity index (χ3n) is 3.27. The van der Waals surface area contributed by atoms with Gasteiger partial charge in [0.1, 0.15) is 5.82 Å². The van der Waals surface area contributed by atoms with Gasteiger partial charge in [-0.25, -0.2) is 4.39 Å². The Hall–Kier alpha value is -1.94. The molecule has 0 aliphatic heterocycles. The zero-order chi connectivity index (χ0) is 16.1. The van der Waals surface area contributed by atoms with Crippen LogP contribution in [0.1, 0.15) is 42.2 Å². The molecule has 22 heavy (non-hydrogen) atoms. The van der Waals surface area contributed by atoms with Crippen molar-refractivity contribution in [3.8, 4) is 0 Å². The van der Waals surface area contributed by atoms with E-state index in [1.165, 1.54) is 12.1 Å². The maximum absolute atomic E-state index is 13.9. The van der Waals surface area contributed by atoms with E-state index in [4.69, 9.17) is 11.6 Å². The number of halogens is 2. The molecule has 0 radical (unpaired) electrons. The number of hydrogen-bond donors (Lipinski definition) is 1. The molecule has 0 bridgehead atoms. The second-order valence-corrected chi connectivity index (χ2v) is 6.00. The lowest BCUT2D eigenvalue weighted by atomic mass is 9.98. The molecule has 0 fully saturated rings. The fourth-order valence-corrected chi connectivity index (χ4v) is 2.40. The summed E-state index contributed by atoms with van der Waals surface area (Å²) in [5.74, 6) is -0.705. The SMILES string of the molecule is CC(C)CC(NC(=O)c1ccc(Cl)cc1F)c1cccnc1. The van der Waals surface area contributed by atoms with Gasteiger partial charge < -0.3 is 5.32 Å². The summed E-state index contributed by atoms with van der Waals surface area (Å²) in [4.78, 5) is 16.4. The highest BCUT2D eigenvalue weighted by molar-refractivity contribution is 6.30. The van der Waals surface area contributed by atoms with Crippen molar-refractivity contribution >= 4 is 17.5 Å². The van der Waals surface area contributed by atoms with Crippen LogP contribution in [-0.2, 0) is 0 Å². The Morgan fingerprint density at radius 2 is 2.14 bits per heavy atom. The van der Waals surface area contributed by atoms with Crippen LogP contribution >= 0.6 is 11.6 Å². The number of nitrogens with zero attached hydrogens (tertiary/aromatic N) is 1. The number of rotatable bonds is 5. The van der Waals surface area contributed by atoms with Crippen LogP contribution in [0.4, 0.5) is 4.39 Å². The maximum Gasteiger partial charge on any atom is 0.254 e. The van der Waals surface area contributed by atoms with Crippen LogP contribution in [0.25, 0.3) is 0 Å². The molecule has 1 atom stereocenters. The number of carbonyl (C=O) groups excluding carboxylic acids is 1. The minimum atomic E-state index is -0.625. The van der Waals surface area contributed by atoms with Crippen LogP contribution in [0.2, 0.25) is 5.02 Å². The standard InChI is InChI=1S/C17H18ClFN2O/c1-11(2)8-16(12-4-3-7-20-10-12)21-17(22)14-6-5-13(18)9-15(14)19/h3-7,9-11,16H,8H2,1-2H3,(H,21,22). The van der Waals surface area contributed by atoms with Gasteiger partial charge in [0.25, 0.3) is 5.91 Å². The topological polar surface area (TPSA) is 42.0 Å². The van der Waals surface area contributed by atoms with Gasteiger partial charge in [-0.05, 0) is 42.2 Å². The molecule has 1 heterocycles. The molecule has 0 saturated heterocycles. The Bertz CT molecular complexity index is 646. The van der Waals surface area contributed by atoms with Gasteiger partial charge in [-0.2, -0.15) is 0 Å². The predicted octanol–water partition coefficient (Wildman–Crippen LogP) is 4.39. The van der Waals surface area contributed by atoms with Crippen molar-refractivity contribution in [3.63, 3.8) is 0 Å². The first-order valence-corrected chi connectivity index (χ1v) is 7.51. The highest BCUT2D eigenvalue weighted by Crippen LogP contribution is 2.22. The molecule has 116 valence electrons. The third kappa shape index (κ3) is 4.28. The van der Waals surface area contributed by atoms with Crippen molar-refractivity contribution in [2.24, 2.45) is 5.92 Å². The molecule has 5 heteroatoms. The molecule has 1 aromatic carbocycles. The van der Waals surface area contributed by atoms with E-state index in [0.717, 1.165) is 18.1 Å². The summed E-state index contributed by atoms with van der Waals surface area (Å²) in [6.07, 6.45) is 4.13. The van der Waals surface area contributed by atoms with Crippen LogP contribution in [-0.4, -0.2) is 10.9 Å². The fourth-order valence-electron chi connectivity index (χ4n) is 2.24. The van der Waals surface area contributed by atoms with Crippen molar-refractivity contribution < 1.29 is 9.18 Å². The van der Waals surface area contributed by atoms with Crippen molar-refractivity contribution in [2.75, 3.05) is 0 Å². The zero-order valence-corrected chi connectivity index (χ0v) is 13.3. The number of aromatic nitrogens is 1. The second kappa shape index (κ2) is 7.36. The second-order valence-electron chi connectivity index (χ2n) is 5.57. The Kier molecular flexibility index (Phi) is 5.50. The molecule has 1 N–H and O–H groups in total. The molecule has 1 unspecified atom stereocenters. The first-order chi connectivity index (χ1) is 10.5. The van der Waals surface area contributed by atoms with Gasteiger partial charge in [0.05, 0.1) is 11.6 Å². The molecular weight excluding hydrogens is 303 g/mol. The van der Waals surface area contributed by atoms with Crippen molar-refractivity contribution in [3.05, 3.63) is 64.7 Å². The lowest BCUT2D eigenvalue weighted by Gasteiger charge is -2.21. The summed E-state index contributed by atoms with van der Waals surface area (Å²) in [5, 5.41) is 3.14. The lowest BCUT2D eigenvalue weighted by Crippen LogP contribution is -2.30. The number of benzene rings is 1. The summed E-state index contributed by atoms with van der Waals surface area (Å²) < 4.78 is 13.9. The zero-order valence-electron chi connectivity index (χ0n) is 12.5. The van der Waals surface area contributed by atoms with Crippen LogP contribution in [0, 0.1) is 11.7 Å². The Morgan fingerprint density at radius 1 is 1.36 bits per heavy atom. The number of nitrogens with one attached hydrogen (secondary N) is 1. The molecule has 1 aromatic heterocycles. The van der Waals surface area contributed by atoms with Gasteiger partial charge in [-0.3, -0.25) is 9.78 Å². The normalized spacial score (nSPS) is 12.2. The molecule has 1 amide bonds. The molecule has 0 saturated carbocycles. The Labute approximate surface area is 134 Å². The summed E-state index contributed by atoms with van der Waals surface area (Å²) in [5.41, 5.74) is 0.890. The first kappa shape index (κ1) is 16.4. The molecule has 2 rings (SSSR count). The van der Waals surface area contributed by atoms with E-state index in [1.807, 2.05) is 12.1 Å². The molecule has 0 aliphatic carbocycles.